The largest absolute Gasteiger partial charge is 0.463 e. The monoisotopic (exact) mass is 370 g/mol. The van der Waals surface area contributed by atoms with Gasteiger partial charge in [0.1, 0.15) is 5.69 Å². The Kier molecular flexibility index (Phi) is 4.77. The molecular formula is C19H19ClN4O2. The number of H-pyrrole nitrogens is 1. The summed E-state index contributed by atoms with van der Waals surface area (Å²) in [4.78, 5) is 16.8. The van der Waals surface area contributed by atoms with Gasteiger partial charge in [-0.15, -0.1) is 0 Å². The fourth-order valence-electron chi connectivity index (χ4n) is 3.15. The zero-order valence-electron chi connectivity index (χ0n) is 14.2. The SMILES string of the molecule is O=C(c1cc(-c2ccco2)[nH]n1)N1CCN(Cc2cccc(Cl)c2)CC1. The summed E-state index contributed by atoms with van der Waals surface area (Å²) in [6, 6.07) is 13.3. The quantitative estimate of drug-likeness (QED) is 0.765. The van der Waals surface area contributed by atoms with Crippen molar-refractivity contribution in [1.82, 2.24) is 20.0 Å². The minimum atomic E-state index is -0.0542. The van der Waals surface area contributed by atoms with Gasteiger partial charge in [-0.1, -0.05) is 23.7 Å². The van der Waals surface area contributed by atoms with Crippen molar-refractivity contribution in [3.05, 3.63) is 65.0 Å². The zero-order chi connectivity index (χ0) is 17.9. The van der Waals surface area contributed by atoms with Crippen LogP contribution in [0.25, 0.3) is 11.5 Å². The highest BCUT2D eigenvalue weighted by Crippen LogP contribution is 2.19. The third-order valence-electron chi connectivity index (χ3n) is 4.54. The molecule has 1 aromatic carbocycles. The number of rotatable bonds is 4. The van der Waals surface area contributed by atoms with Gasteiger partial charge in [0.15, 0.2) is 11.5 Å². The number of furan rings is 1. The number of amides is 1. The van der Waals surface area contributed by atoms with Crippen LogP contribution in [0.2, 0.25) is 5.02 Å². The van der Waals surface area contributed by atoms with E-state index in [1.54, 1.807) is 18.4 Å². The summed E-state index contributed by atoms with van der Waals surface area (Å²) in [5, 5.41) is 7.75. The maximum atomic E-state index is 12.7. The number of nitrogens with zero attached hydrogens (tertiary/aromatic N) is 3. The molecule has 3 heterocycles. The fraction of sp³-hybridized carbons (Fsp3) is 0.263. The van der Waals surface area contributed by atoms with Crippen molar-refractivity contribution in [1.29, 1.82) is 0 Å². The van der Waals surface area contributed by atoms with E-state index in [9.17, 15) is 4.79 Å². The van der Waals surface area contributed by atoms with Gasteiger partial charge in [-0.3, -0.25) is 14.8 Å². The first kappa shape index (κ1) is 16.9. The molecule has 1 saturated heterocycles. The van der Waals surface area contributed by atoms with E-state index in [1.807, 2.05) is 29.2 Å². The van der Waals surface area contributed by atoms with Crippen molar-refractivity contribution in [2.75, 3.05) is 26.2 Å². The molecule has 134 valence electrons. The Labute approximate surface area is 156 Å². The van der Waals surface area contributed by atoms with Crippen LogP contribution in [0.5, 0.6) is 0 Å². The molecule has 4 rings (SSSR count). The average Bonchev–Trinajstić information content (AvgIpc) is 3.33. The number of hydrogen-bond donors (Lipinski definition) is 1. The molecule has 1 fully saturated rings. The lowest BCUT2D eigenvalue weighted by Crippen LogP contribution is -2.48. The van der Waals surface area contributed by atoms with Crippen molar-refractivity contribution < 1.29 is 9.21 Å². The lowest BCUT2D eigenvalue weighted by Gasteiger charge is -2.34. The Hall–Kier alpha value is -2.57. The van der Waals surface area contributed by atoms with Gasteiger partial charge in [-0.2, -0.15) is 5.10 Å². The Morgan fingerprint density at radius 1 is 1.15 bits per heavy atom. The van der Waals surface area contributed by atoms with Gasteiger partial charge < -0.3 is 9.32 Å². The molecule has 1 N–H and O–H groups in total. The van der Waals surface area contributed by atoms with Crippen LogP contribution in [0.3, 0.4) is 0 Å². The molecule has 0 spiro atoms. The smallest absolute Gasteiger partial charge is 0.274 e. The first-order valence-corrected chi connectivity index (χ1v) is 8.92. The summed E-state index contributed by atoms with van der Waals surface area (Å²) in [7, 11) is 0. The number of benzene rings is 1. The van der Waals surface area contributed by atoms with E-state index in [0.29, 0.717) is 30.2 Å². The Bertz CT molecular complexity index is 883. The first-order chi connectivity index (χ1) is 12.7. The maximum Gasteiger partial charge on any atom is 0.274 e. The molecular weight excluding hydrogens is 352 g/mol. The number of aromatic amines is 1. The highest BCUT2D eigenvalue weighted by atomic mass is 35.5. The molecule has 0 unspecified atom stereocenters. The predicted molar refractivity (Wildman–Crippen MR) is 98.9 cm³/mol. The van der Waals surface area contributed by atoms with E-state index in [2.05, 4.69) is 21.2 Å². The normalized spacial score (nSPS) is 15.3. The number of carbonyl (C=O) groups is 1. The molecule has 0 bridgehead atoms. The van der Waals surface area contributed by atoms with Gasteiger partial charge in [0, 0.05) is 43.8 Å². The topological polar surface area (TPSA) is 65.4 Å². The molecule has 0 radical (unpaired) electrons. The van der Waals surface area contributed by atoms with Gasteiger partial charge in [-0.05, 0) is 29.8 Å². The third kappa shape index (κ3) is 3.66. The summed E-state index contributed by atoms with van der Waals surface area (Å²) < 4.78 is 5.32. The molecule has 2 aromatic heterocycles. The Morgan fingerprint density at radius 2 is 2.00 bits per heavy atom. The maximum absolute atomic E-state index is 12.7. The molecule has 3 aromatic rings. The molecule has 0 saturated carbocycles. The number of halogens is 1. The fourth-order valence-corrected chi connectivity index (χ4v) is 3.37. The lowest BCUT2D eigenvalue weighted by atomic mass is 10.2. The van der Waals surface area contributed by atoms with E-state index in [-0.39, 0.29) is 5.91 Å². The standard InChI is InChI=1S/C19H19ClN4O2/c20-15-4-1-3-14(11-15)13-23-6-8-24(9-7-23)19(25)17-12-16(21-22-17)18-5-2-10-26-18/h1-5,10-12H,6-9,13H2,(H,21,22). The third-order valence-corrected chi connectivity index (χ3v) is 4.77. The summed E-state index contributed by atoms with van der Waals surface area (Å²) in [5.74, 6) is 0.615. The number of nitrogens with one attached hydrogen (secondary N) is 1. The Balaban J connectivity index is 1.35. The minimum absolute atomic E-state index is 0.0542. The van der Waals surface area contributed by atoms with Crippen LogP contribution >= 0.6 is 11.6 Å². The summed E-state index contributed by atoms with van der Waals surface area (Å²) >= 11 is 6.05. The van der Waals surface area contributed by atoms with Crippen molar-refractivity contribution in [3.63, 3.8) is 0 Å². The number of carbonyl (C=O) groups excluding carboxylic acids is 1. The number of aromatic nitrogens is 2. The molecule has 26 heavy (non-hydrogen) atoms. The number of piperazine rings is 1. The van der Waals surface area contributed by atoms with Crippen molar-refractivity contribution in [2.45, 2.75) is 6.54 Å². The molecule has 0 atom stereocenters. The van der Waals surface area contributed by atoms with Crippen LogP contribution in [0.4, 0.5) is 0 Å². The summed E-state index contributed by atoms with van der Waals surface area (Å²) in [5.41, 5.74) is 2.31. The molecule has 1 amide bonds. The van der Waals surface area contributed by atoms with E-state index >= 15 is 0 Å². The second kappa shape index (κ2) is 7.35. The van der Waals surface area contributed by atoms with Crippen LogP contribution in [0.1, 0.15) is 16.1 Å². The minimum Gasteiger partial charge on any atom is -0.463 e. The van der Waals surface area contributed by atoms with Crippen LogP contribution in [0.15, 0.2) is 53.1 Å². The van der Waals surface area contributed by atoms with Crippen molar-refractivity contribution in [2.24, 2.45) is 0 Å². The number of hydrogen-bond acceptors (Lipinski definition) is 4. The second-order valence-corrected chi connectivity index (χ2v) is 6.78. The van der Waals surface area contributed by atoms with E-state index in [4.69, 9.17) is 16.0 Å². The van der Waals surface area contributed by atoms with E-state index in [0.717, 1.165) is 24.7 Å². The highest BCUT2D eigenvalue weighted by Gasteiger charge is 2.24. The summed E-state index contributed by atoms with van der Waals surface area (Å²) in [6.07, 6.45) is 1.59. The predicted octanol–water partition coefficient (Wildman–Crippen LogP) is 3.28. The summed E-state index contributed by atoms with van der Waals surface area (Å²) in [6.45, 7) is 3.86. The highest BCUT2D eigenvalue weighted by molar-refractivity contribution is 6.30. The average molecular weight is 371 g/mol. The lowest BCUT2D eigenvalue weighted by molar-refractivity contribution is 0.0622. The van der Waals surface area contributed by atoms with E-state index in [1.165, 1.54) is 5.56 Å². The molecule has 6 nitrogen and oxygen atoms in total. The molecule has 1 aliphatic rings. The van der Waals surface area contributed by atoms with Gasteiger partial charge >= 0.3 is 0 Å². The zero-order valence-corrected chi connectivity index (χ0v) is 14.9. The van der Waals surface area contributed by atoms with Gasteiger partial charge in [0.2, 0.25) is 0 Å². The van der Waals surface area contributed by atoms with Crippen molar-refractivity contribution in [3.8, 4) is 11.5 Å². The van der Waals surface area contributed by atoms with Crippen LogP contribution < -0.4 is 0 Å². The first-order valence-electron chi connectivity index (χ1n) is 8.54. The molecule has 7 heteroatoms. The van der Waals surface area contributed by atoms with Crippen LogP contribution in [-0.2, 0) is 6.54 Å². The molecule has 1 aliphatic heterocycles. The molecule has 0 aliphatic carbocycles. The van der Waals surface area contributed by atoms with Gasteiger partial charge in [0.05, 0.1) is 6.26 Å². The Morgan fingerprint density at radius 3 is 2.73 bits per heavy atom. The van der Waals surface area contributed by atoms with Crippen molar-refractivity contribution >= 4 is 17.5 Å². The van der Waals surface area contributed by atoms with E-state index < -0.39 is 0 Å². The second-order valence-electron chi connectivity index (χ2n) is 6.34. The van der Waals surface area contributed by atoms with Crippen LogP contribution in [0, 0.1) is 0 Å². The van der Waals surface area contributed by atoms with Gasteiger partial charge in [-0.25, -0.2) is 0 Å². The van der Waals surface area contributed by atoms with Crippen LogP contribution in [-0.4, -0.2) is 52.1 Å². The van der Waals surface area contributed by atoms with Gasteiger partial charge in [0.25, 0.3) is 5.91 Å².